The highest BCUT2D eigenvalue weighted by Gasteiger charge is 2.17. The van der Waals surface area contributed by atoms with Crippen LogP contribution in [0.2, 0.25) is 0 Å². The number of anilines is 1. The van der Waals surface area contributed by atoms with Crippen molar-refractivity contribution in [2.75, 3.05) is 12.4 Å². The average molecular weight is 407 g/mol. The van der Waals surface area contributed by atoms with Crippen LogP contribution in [-0.4, -0.2) is 32.2 Å². The van der Waals surface area contributed by atoms with E-state index in [4.69, 9.17) is 4.74 Å². The summed E-state index contributed by atoms with van der Waals surface area (Å²) in [5, 5.41) is 6.71. The summed E-state index contributed by atoms with van der Waals surface area (Å²) in [5.41, 5.74) is 1.16. The molecule has 0 saturated heterocycles. The molecule has 1 N–H and O–H groups in total. The van der Waals surface area contributed by atoms with E-state index in [1.165, 1.54) is 22.6 Å². The molecule has 4 rings (SSSR count). The van der Waals surface area contributed by atoms with Crippen LogP contribution in [0.5, 0.6) is 0 Å². The highest BCUT2D eigenvalue weighted by molar-refractivity contribution is 5.90. The molecular weight excluding hydrogens is 389 g/mol. The number of ether oxygens (including phenoxy) is 1. The normalized spacial score (nSPS) is 11.0. The first kappa shape index (κ1) is 19.5. The molecule has 9 heteroatoms. The predicted octanol–water partition coefficient (Wildman–Crippen LogP) is 2.48. The van der Waals surface area contributed by atoms with Crippen LogP contribution in [-0.2, 0) is 22.7 Å². The molecule has 2 heterocycles. The first-order chi connectivity index (χ1) is 14.6. The monoisotopic (exact) mass is 407 g/mol. The minimum Gasteiger partial charge on any atom is -0.378 e. The first-order valence-corrected chi connectivity index (χ1v) is 9.15. The van der Waals surface area contributed by atoms with E-state index in [0.29, 0.717) is 17.2 Å². The number of methoxy groups -OCH3 is 1. The number of para-hydroxylation sites is 1. The quantitative estimate of drug-likeness (QED) is 0.530. The van der Waals surface area contributed by atoms with Crippen LogP contribution in [0, 0.1) is 5.82 Å². The number of aromatic nitrogens is 4. The fraction of sp³-hybridized carbons (Fsp3) is 0.143. The summed E-state index contributed by atoms with van der Waals surface area (Å²) in [6.07, 6.45) is 0. The zero-order valence-electron chi connectivity index (χ0n) is 16.1. The molecular formula is C21H18FN5O3. The van der Waals surface area contributed by atoms with Crippen molar-refractivity contribution >= 4 is 17.2 Å². The van der Waals surface area contributed by atoms with E-state index in [-0.39, 0.29) is 18.8 Å². The number of fused-ring (bicyclic) bond motifs is 1. The van der Waals surface area contributed by atoms with Crippen molar-refractivity contribution in [2.45, 2.75) is 13.2 Å². The average Bonchev–Trinajstić information content (AvgIpc) is 3.05. The summed E-state index contributed by atoms with van der Waals surface area (Å²) < 4.78 is 21.3. The minimum absolute atomic E-state index is 0.0355. The lowest BCUT2D eigenvalue weighted by molar-refractivity contribution is -0.117. The Morgan fingerprint density at radius 1 is 1.13 bits per heavy atom. The van der Waals surface area contributed by atoms with Gasteiger partial charge in [-0.15, -0.1) is 5.10 Å². The van der Waals surface area contributed by atoms with Gasteiger partial charge in [-0.25, -0.2) is 23.3 Å². The second kappa shape index (κ2) is 8.26. The van der Waals surface area contributed by atoms with Gasteiger partial charge in [0.05, 0.1) is 18.0 Å². The second-order valence-electron chi connectivity index (χ2n) is 6.53. The molecule has 30 heavy (non-hydrogen) atoms. The number of nitrogens with zero attached hydrogens (tertiary/aromatic N) is 4. The summed E-state index contributed by atoms with van der Waals surface area (Å²) in [5.74, 6) is -0.740. The zero-order valence-corrected chi connectivity index (χ0v) is 16.1. The highest BCUT2D eigenvalue weighted by atomic mass is 19.1. The molecule has 0 fully saturated rings. The molecule has 4 aromatic rings. The lowest BCUT2D eigenvalue weighted by atomic mass is 10.2. The van der Waals surface area contributed by atoms with Gasteiger partial charge in [-0.3, -0.25) is 4.79 Å². The number of hydrogen-bond acceptors (Lipinski definition) is 5. The topological polar surface area (TPSA) is 90.5 Å². The maximum atomic E-state index is 13.8. The Bertz CT molecular complexity index is 1270. The summed E-state index contributed by atoms with van der Waals surface area (Å²) in [6.45, 7) is -0.131. The first-order valence-electron chi connectivity index (χ1n) is 9.15. The molecule has 2 aromatic heterocycles. The molecule has 0 spiro atoms. The van der Waals surface area contributed by atoms with E-state index in [9.17, 15) is 14.0 Å². The molecule has 0 radical (unpaired) electrons. The van der Waals surface area contributed by atoms with E-state index in [1.54, 1.807) is 19.2 Å². The molecule has 8 nitrogen and oxygen atoms in total. The van der Waals surface area contributed by atoms with Crippen molar-refractivity contribution in [1.29, 1.82) is 0 Å². The smallest absolute Gasteiger partial charge is 0.352 e. The lowest BCUT2D eigenvalue weighted by Crippen LogP contribution is -2.29. The molecule has 0 aliphatic heterocycles. The zero-order chi connectivity index (χ0) is 21.1. The number of benzene rings is 2. The number of rotatable bonds is 6. The highest BCUT2D eigenvalue weighted by Crippen LogP contribution is 2.18. The lowest BCUT2D eigenvalue weighted by Gasteiger charge is -2.06. The Labute approximate surface area is 170 Å². The fourth-order valence-corrected chi connectivity index (χ4v) is 3.08. The van der Waals surface area contributed by atoms with E-state index in [1.807, 2.05) is 30.3 Å². The van der Waals surface area contributed by atoms with Crippen molar-refractivity contribution in [1.82, 2.24) is 19.2 Å². The molecule has 1 amide bonds. The molecule has 0 atom stereocenters. The molecule has 2 aromatic carbocycles. The van der Waals surface area contributed by atoms with Crippen LogP contribution in [0.3, 0.4) is 0 Å². The summed E-state index contributed by atoms with van der Waals surface area (Å²) >= 11 is 0. The standard InChI is InChI=1S/C21H18FN5O3/c1-30-13-15-11-18-25-26(12-19(28)24-17-10-6-5-9-16(17)22)21(29)27(18)20(23-15)14-7-3-2-4-8-14/h2-11H,12-13H2,1H3,(H,24,28). The summed E-state index contributed by atoms with van der Waals surface area (Å²) in [4.78, 5) is 29.9. The second-order valence-corrected chi connectivity index (χ2v) is 6.53. The minimum atomic E-state index is -0.572. The Morgan fingerprint density at radius 3 is 2.60 bits per heavy atom. The van der Waals surface area contributed by atoms with E-state index in [2.05, 4.69) is 15.4 Å². The molecule has 0 bridgehead atoms. The van der Waals surface area contributed by atoms with Gasteiger partial charge in [0.25, 0.3) is 0 Å². The molecule has 152 valence electrons. The maximum Gasteiger partial charge on any atom is 0.352 e. The Hall–Kier alpha value is -3.85. The van der Waals surface area contributed by atoms with Crippen LogP contribution < -0.4 is 11.0 Å². The van der Waals surface area contributed by atoms with Crippen molar-refractivity contribution < 1.29 is 13.9 Å². The van der Waals surface area contributed by atoms with Crippen LogP contribution in [0.25, 0.3) is 17.0 Å². The molecule has 0 aliphatic rings. The van der Waals surface area contributed by atoms with Crippen molar-refractivity contribution in [3.05, 3.63) is 82.7 Å². The van der Waals surface area contributed by atoms with Gasteiger partial charge >= 0.3 is 5.69 Å². The van der Waals surface area contributed by atoms with E-state index in [0.717, 1.165) is 10.2 Å². The third-order valence-corrected chi connectivity index (χ3v) is 4.39. The van der Waals surface area contributed by atoms with Crippen LogP contribution in [0.4, 0.5) is 10.1 Å². The molecule has 0 saturated carbocycles. The van der Waals surface area contributed by atoms with Gasteiger partial charge in [-0.1, -0.05) is 42.5 Å². The predicted molar refractivity (Wildman–Crippen MR) is 108 cm³/mol. The van der Waals surface area contributed by atoms with Gasteiger partial charge in [-0.2, -0.15) is 0 Å². The Balaban J connectivity index is 1.73. The number of carbonyl (C=O) groups is 1. The maximum absolute atomic E-state index is 13.8. The van der Waals surface area contributed by atoms with Crippen molar-refractivity contribution in [3.8, 4) is 11.4 Å². The number of amides is 1. The van der Waals surface area contributed by atoms with Gasteiger partial charge < -0.3 is 10.1 Å². The van der Waals surface area contributed by atoms with Gasteiger partial charge in [0, 0.05) is 18.7 Å². The van der Waals surface area contributed by atoms with Crippen molar-refractivity contribution in [3.63, 3.8) is 0 Å². The largest absolute Gasteiger partial charge is 0.378 e. The van der Waals surface area contributed by atoms with Crippen LogP contribution >= 0.6 is 0 Å². The van der Waals surface area contributed by atoms with Gasteiger partial charge in [0.2, 0.25) is 5.91 Å². The van der Waals surface area contributed by atoms with E-state index < -0.39 is 17.4 Å². The summed E-state index contributed by atoms with van der Waals surface area (Å²) in [7, 11) is 1.55. The third kappa shape index (κ3) is 3.83. The molecule has 0 aliphatic carbocycles. The van der Waals surface area contributed by atoms with Crippen molar-refractivity contribution in [2.24, 2.45) is 0 Å². The Kier molecular flexibility index (Phi) is 5.36. The van der Waals surface area contributed by atoms with Gasteiger partial charge in [0.1, 0.15) is 18.2 Å². The van der Waals surface area contributed by atoms with Crippen LogP contribution in [0.1, 0.15) is 5.69 Å². The number of hydrogen-bond donors (Lipinski definition) is 1. The third-order valence-electron chi connectivity index (χ3n) is 4.39. The fourth-order valence-electron chi connectivity index (χ4n) is 3.08. The SMILES string of the molecule is COCc1cc2nn(CC(=O)Nc3ccccc3F)c(=O)n2c(-c2ccccc2)n1. The van der Waals surface area contributed by atoms with E-state index >= 15 is 0 Å². The summed E-state index contributed by atoms with van der Waals surface area (Å²) in [6, 6.07) is 16.6. The van der Waals surface area contributed by atoms with Gasteiger partial charge in [-0.05, 0) is 12.1 Å². The number of nitrogens with one attached hydrogen (secondary N) is 1. The van der Waals surface area contributed by atoms with Gasteiger partial charge in [0.15, 0.2) is 5.65 Å². The molecule has 0 unspecified atom stereocenters. The Morgan fingerprint density at radius 2 is 1.87 bits per heavy atom. The number of halogens is 1. The number of carbonyl (C=O) groups excluding carboxylic acids is 1. The van der Waals surface area contributed by atoms with Crippen LogP contribution in [0.15, 0.2) is 65.5 Å².